The van der Waals surface area contributed by atoms with Crippen LogP contribution < -0.4 is 11.2 Å². The molecule has 8 heteroatoms. The van der Waals surface area contributed by atoms with Crippen molar-refractivity contribution in [1.82, 2.24) is 14.3 Å². The van der Waals surface area contributed by atoms with Crippen LogP contribution in [0.1, 0.15) is 19.9 Å². The van der Waals surface area contributed by atoms with Gasteiger partial charge < -0.3 is 0 Å². The van der Waals surface area contributed by atoms with Crippen molar-refractivity contribution in [3.8, 4) is 5.69 Å². The molecular weight excluding hydrogens is 300 g/mol. The van der Waals surface area contributed by atoms with Crippen LogP contribution in [0.3, 0.4) is 0 Å². The zero-order chi connectivity index (χ0) is 15.7. The first kappa shape index (κ1) is 15.4. The molecule has 0 fully saturated rings. The van der Waals surface area contributed by atoms with E-state index >= 15 is 0 Å². The summed E-state index contributed by atoms with van der Waals surface area (Å²) < 4.78 is 28.3. The quantitative estimate of drug-likeness (QED) is 0.813. The molecule has 1 aromatic carbocycles. The van der Waals surface area contributed by atoms with Gasteiger partial charge in [-0.05, 0) is 32.2 Å². The van der Waals surface area contributed by atoms with Gasteiger partial charge in [0.1, 0.15) is 0 Å². The Morgan fingerprint density at radius 2 is 1.86 bits per heavy atom. The van der Waals surface area contributed by atoms with E-state index in [1.54, 1.807) is 20.1 Å². The monoisotopic (exact) mass is 313 g/mol. The first-order valence-electron chi connectivity index (χ1n) is 6.12. The van der Waals surface area contributed by atoms with Gasteiger partial charge in [-0.1, -0.05) is 0 Å². The maximum atomic E-state index is 13.3. The Balaban J connectivity index is 2.84. The molecule has 0 bridgehead atoms. The highest BCUT2D eigenvalue weighted by Gasteiger charge is 2.16. The predicted octanol–water partition coefficient (Wildman–Crippen LogP) is 1.98. The van der Waals surface area contributed by atoms with Crippen LogP contribution in [0.15, 0.2) is 32.8 Å². The van der Waals surface area contributed by atoms with Gasteiger partial charge in [0.2, 0.25) is 0 Å². The van der Waals surface area contributed by atoms with Crippen molar-refractivity contribution in [1.29, 1.82) is 0 Å². The minimum absolute atomic E-state index is 0.0315. The maximum absolute atomic E-state index is 13.3. The zero-order valence-corrected chi connectivity index (χ0v) is 12.4. The maximum Gasteiger partial charge on any atom is 0.352 e. The summed E-state index contributed by atoms with van der Waals surface area (Å²) in [7, 11) is 0. The molecule has 112 valence electrons. The lowest BCUT2D eigenvalue weighted by atomic mass is 10.3. The Labute approximate surface area is 123 Å². The van der Waals surface area contributed by atoms with Crippen LogP contribution in [0.2, 0.25) is 0 Å². The number of rotatable bonds is 3. The van der Waals surface area contributed by atoms with Gasteiger partial charge in [-0.3, -0.25) is 4.79 Å². The number of thioether (sulfide) groups is 1. The molecule has 0 radical (unpaired) electrons. The highest BCUT2D eigenvalue weighted by atomic mass is 32.2. The Hall–Kier alpha value is -1.96. The molecule has 1 aromatic heterocycles. The molecule has 0 saturated carbocycles. The van der Waals surface area contributed by atoms with Gasteiger partial charge >= 0.3 is 5.69 Å². The second-order valence-electron chi connectivity index (χ2n) is 4.57. The van der Waals surface area contributed by atoms with E-state index in [9.17, 15) is 18.4 Å². The van der Waals surface area contributed by atoms with Gasteiger partial charge in [-0.2, -0.15) is 5.10 Å². The molecule has 0 aliphatic heterocycles. The van der Waals surface area contributed by atoms with Gasteiger partial charge in [0.15, 0.2) is 16.7 Å². The largest absolute Gasteiger partial charge is 0.352 e. The van der Waals surface area contributed by atoms with Crippen LogP contribution in [-0.4, -0.2) is 20.6 Å². The Morgan fingerprint density at radius 1 is 1.19 bits per heavy atom. The van der Waals surface area contributed by atoms with E-state index in [0.717, 1.165) is 33.1 Å². The fraction of sp³-hybridized carbons (Fsp3) is 0.308. The predicted molar refractivity (Wildman–Crippen MR) is 76.2 cm³/mol. The second-order valence-corrected chi connectivity index (χ2v) is 5.36. The smallest absolute Gasteiger partial charge is 0.266 e. The van der Waals surface area contributed by atoms with Crippen molar-refractivity contribution >= 4 is 11.8 Å². The number of benzene rings is 1. The van der Waals surface area contributed by atoms with Crippen molar-refractivity contribution in [3.05, 3.63) is 50.7 Å². The number of aromatic nitrogens is 3. The fourth-order valence-corrected chi connectivity index (χ4v) is 2.22. The molecular formula is C13H13F2N3O2S. The molecule has 0 spiro atoms. The molecule has 2 aromatic rings. The molecule has 0 amide bonds. The van der Waals surface area contributed by atoms with Gasteiger partial charge in [0.25, 0.3) is 5.56 Å². The first-order valence-corrected chi connectivity index (χ1v) is 7.34. The number of halogens is 2. The summed E-state index contributed by atoms with van der Waals surface area (Å²) in [4.78, 5) is 24.6. The van der Waals surface area contributed by atoms with E-state index in [-0.39, 0.29) is 16.8 Å². The van der Waals surface area contributed by atoms with Crippen LogP contribution in [0.4, 0.5) is 8.78 Å². The summed E-state index contributed by atoms with van der Waals surface area (Å²) in [5.41, 5.74) is -1.38. The minimum atomic E-state index is -1.13. The third-order valence-electron chi connectivity index (χ3n) is 2.82. The van der Waals surface area contributed by atoms with Crippen molar-refractivity contribution in [2.45, 2.75) is 24.9 Å². The van der Waals surface area contributed by atoms with Gasteiger partial charge in [0.05, 0.1) is 11.7 Å². The average molecular weight is 313 g/mol. The lowest BCUT2D eigenvalue weighted by Gasteiger charge is -2.13. The molecule has 0 N–H and O–H groups in total. The van der Waals surface area contributed by atoms with E-state index in [4.69, 9.17) is 0 Å². The summed E-state index contributed by atoms with van der Waals surface area (Å²) in [6.07, 6.45) is 1.65. The molecule has 1 heterocycles. The molecule has 0 aliphatic rings. The van der Waals surface area contributed by atoms with Crippen LogP contribution in [0.5, 0.6) is 0 Å². The van der Waals surface area contributed by atoms with Crippen LogP contribution in [0.25, 0.3) is 5.69 Å². The topological polar surface area (TPSA) is 56.9 Å². The highest BCUT2D eigenvalue weighted by molar-refractivity contribution is 7.98. The van der Waals surface area contributed by atoms with Gasteiger partial charge in [-0.15, -0.1) is 11.8 Å². The molecule has 0 atom stereocenters. The van der Waals surface area contributed by atoms with E-state index in [2.05, 4.69) is 5.10 Å². The normalized spacial score (nSPS) is 11.1. The zero-order valence-electron chi connectivity index (χ0n) is 11.6. The fourth-order valence-electron chi connectivity index (χ4n) is 1.78. The average Bonchev–Trinajstić information content (AvgIpc) is 2.42. The Morgan fingerprint density at radius 3 is 2.38 bits per heavy atom. The highest BCUT2D eigenvalue weighted by Crippen LogP contribution is 2.12. The van der Waals surface area contributed by atoms with E-state index in [1.807, 2.05) is 0 Å². The van der Waals surface area contributed by atoms with Crippen LogP contribution in [0, 0.1) is 11.6 Å². The summed E-state index contributed by atoms with van der Waals surface area (Å²) in [6.45, 7) is 3.47. The standard InChI is InChI=1S/C13H13F2N3O2S/c1-7(2)18-13(20)17(12(19)11(16-18)21-3)8-4-5-9(14)10(15)6-8/h4-7H,1-3H3. The molecule has 5 nitrogen and oxygen atoms in total. The second kappa shape index (κ2) is 5.80. The summed E-state index contributed by atoms with van der Waals surface area (Å²) in [5.74, 6) is -2.17. The van der Waals surface area contributed by atoms with Gasteiger partial charge in [0, 0.05) is 6.07 Å². The molecule has 21 heavy (non-hydrogen) atoms. The first-order chi connectivity index (χ1) is 9.86. The Kier molecular flexibility index (Phi) is 4.26. The van der Waals surface area contributed by atoms with Crippen molar-refractivity contribution in [2.24, 2.45) is 0 Å². The third-order valence-corrected chi connectivity index (χ3v) is 3.46. The van der Waals surface area contributed by atoms with E-state index in [0.29, 0.717) is 0 Å². The molecule has 0 aliphatic carbocycles. The van der Waals surface area contributed by atoms with E-state index in [1.165, 1.54) is 6.07 Å². The number of hydrogen-bond acceptors (Lipinski definition) is 4. The lowest BCUT2D eigenvalue weighted by molar-refractivity contribution is 0.451. The lowest BCUT2D eigenvalue weighted by Crippen LogP contribution is -2.42. The van der Waals surface area contributed by atoms with Gasteiger partial charge in [-0.25, -0.2) is 22.8 Å². The van der Waals surface area contributed by atoms with Crippen LogP contribution in [-0.2, 0) is 0 Å². The molecule has 2 rings (SSSR count). The van der Waals surface area contributed by atoms with Crippen molar-refractivity contribution in [3.63, 3.8) is 0 Å². The van der Waals surface area contributed by atoms with Crippen molar-refractivity contribution < 1.29 is 8.78 Å². The summed E-state index contributed by atoms with van der Waals surface area (Å²) >= 11 is 1.08. The minimum Gasteiger partial charge on any atom is -0.266 e. The molecule has 0 saturated heterocycles. The van der Waals surface area contributed by atoms with Crippen molar-refractivity contribution in [2.75, 3.05) is 6.26 Å². The van der Waals surface area contributed by atoms with E-state index < -0.39 is 22.9 Å². The third kappa shape index (κ3) is 2.76. The Bertz CT molecular complexity index is 799. The molecule has 0 unspecified atom stereocenters. The SMILES string of the molecule is CSc1nn(C(C)C)c(=O)n(-c2ccc(F)c(F)c2)c1=O. The number of nitrogens with zero attached hydrogens (tertiary/aromatic N) is 3. The van der Waals surface area contributed by atoms with Crippen LogP contribution >= 0.6 is 11.8 Å². The summed E-state index contributed by atoms with van der Waals surface area (Å²) in [5, 5.41) is 4.09. The number of hydrogen-bond donors (Lipinski definition) is 0. The summed E-state index contributed by atoms with van der Waals surface area (Å²) in [6, 6.07) is 2.58.